The summed E-state index contributed by atoms with van der Waals surface area (Å²) in [7, 11) is 1.66. The third-order valence-corrected chi connectivity index (χ3v) is 4.80. The van der Waals surface area contributed by atoms with E-state index in [0.29, 0.717) is 19.1 Å². The van der Waals surface area contributed by atoms with E-state index >= 15 is 0 Å². The molecule has 1 aliphatic heterocycles. The predicted molar refractivity (Wildman–Crippen MR) is 86.8 cm³/mol. The number of methoxy groups -OCH3 is 1. The molecule has 1 aliphatic carbocycles. The minimum Gasteiger partial charge on any atom is -0.378 e. The fourth-order valence-corrected chi connectivity index (χ4v) is 3.46. The highest BCUT2D eigenvalue weighted by atomic mass is 16.5. The van der Waals surface area contributed by atoms with Gasteiger partial charge in [0.25, 0.3) is 0 Å². The average molecular weight is 318 g/mol. The van der Waals surface area contributed by atoms with Gasteiger partial charge in [0.2, 0.25) is 5.91 Å². The maximum Gasteiger partial charge on any atom is 0.226 e. The zero-order valence-electron chi connectivity index (χ0n) is 13.9. The van der Waals surface area contributed by atoms with Gasteiger partial charge in [-0.05, 0) is 38.5 Å². The summed E-state index contributed by atoms with van der Waals surface area (Å²) in [4.78, 5) is 14.4. The molecule has 2 aliphatic rings. The lowest BCUT2D eigenvalue weighted by atomic mass is 9.96. The van der Waals surface area contributed by atoms with Crippen LogP contribution in [-0.2, 0) is 16.1 Å². The van der Waals surface area contributed by atoms with Gasteiger partial charge in [-0.15, -0.1) is 5.10 Å². The van der Waals surface area contributed by atoms with E-state index in [0.717, 1.165) is 44.5 Å². The normalized spacial score (nSPS) is 19.7. The highest BCUT2D eigenvalue weighted by molar-refractivity contribution is 5.78. The Labute approximate surface area is 137 Å². The molecule has 1 fully saturated rings. The predicted octanol–water partition coefficient (Wildman–Crippen LogP) is 2.48. The minimum absolute atomic E-state index is 0.287. The molecule has 0 atom stereocenters. The maximum absolute atomic E-state index is 12.4. The number of piperidine rings is 1. The summed E-state index contributed by atoms with van der Waals surface area (Å²) in [6.45, 7) is 2.12. The number of rotatable bonds is 5. The Bertz CT molecular complexity index is 559. The fourth-order valence-electron chi connectivity index (χ4n) is 3.46. The van der Waals surface area contributed by atoms with E-state index < -0.39 is 0 Å². The van der Waals surface area contributed by atoms with Crippen LogP contribution in [0.3, 0.4) is 0 Å². The molecule has 1 amide bonds. The maximum atomic E-state index is 12.4. The van der Waals surface area contributed by atoms with Crippen molar-refractivity contribution < 1.29 is 9.53 Å². The lowest BCUT2D eigenvalue weighted by molar-refractivity contribution is -0.131. The van der Waals surface area contributed by atoms with Gasteiger partial charge in [0.05, 0.1) is 18.8 Å². The van der Waals surface area contributed by atoms with Gasteiger partial charge in [0.1, 0.15) is 5.69 Å². The van der Waals surface area contributed by atoms with E-state index in [2.05, 4.69) is 16.4 Å². The Kier molecular flexibility index (Phi) is 5.43. The molecule has 2 heterocycles. The smallest absolute Gasteiger partial charge is 0.226 e. The van der Waals surface area contributed by atoms with Crippen molar-refractivity contribution in [2.75, 3.05) is 20.2 Å². The molecule has 126 valence electrons. The summed E-state index contributed by atoms with van der Waals surface area (Å²) < 4.78 is 7.01. The molecule has 3 rings (SSSR count). The van der Waals surface area contributed by atoms with Gasteiger partial charge in [-0.2, -0.15) is 0 Å². The first-order valence-corrected chi connectivity index (χ1v) is 8.61. The molecule has 1 aromatic rings. The Hall–Kier alpha value is -1.69. The van der Waals surface area contributed by atoms with Crippen LogP contribution in [-0.4, -0.2) is 46.0 Å². The zero-order valence-corrected chi connectivity index (χ0v) is 13.9. The number of likely N-dealkylation sites (tertiary alicyclic amines) is 1. The third-order valence-electron chi connectivity index (χ3n) is 4.80. The molecule has 1 saturated heterocycles. The van der Waals surface area contributed by atoms with Crippen molar-refractivity contribution in [2.24, 2.45) is 0 Å². The van der Waals surface area contributed by atoms with Crippen LogP contribution in [0, 0.1) is 0 Å². The van der Waals surface area contributed by atoms with Gasteiger partial charge in [0, 0.05) is 26.6 Å². The van der Waals surface area contributed by atoms with Crippen molar-refractivity contribution in [1.29, 1.82) is 0 Å². The van der Waals surface area contributed by atoms with Gasteiger partial charge < -0.3 is 9.64 Å². The molecule has 0 N–H and O–H groups in total. The van der Waals surface area contributed by atoms with Crippen molar-refractivity contribution in [3.63, 3.8) is 0 Å². The van der Waals surface area contributed by atoms with Crippen LogP contribution >= 0.6 is 0 Å². The lowest BCUT2D eigenvalue weighted by Crippen LogP contribution is -2.39. The highest BCUT2D eigenvalue weighted by Crippen LogP contribution is 2.25. The van der Waals surface area contributed by atoms with E-state index in [-0.39, 0.29) is 5.91 Å². The van der Waals surface area contributed by atoms with Crippen LogP contribution in [0.5, 0.6) is 0 Å². The summed E-state index contributed by atoms with van der Waals surface area (Å²) >= 11 is 0. The minimum atomic E-state index is 0.287. The van der Waals surface area contributed by atoms with Crippen molar-refractivity contribution in [3.8, 4) is 0 Å². The van der Waals surface area contributed by atoms with E-state index in [1.54, 1.807) is 7.11 Å². The summed E-state index contributed by atoms with van der Waals surface area (Å²) in [6.07, 6.45) is 11.5. The Balaban J connectivity index is 1.49. The van der Waals surface area contributed by atoms with Crippen LogP contribution < -0.4 is 0 Å². The lowest BCUT2D eigenvalue weighted by Gasteiger charge is -2.32. The van der Waals surface area contributed by atoms with Gasteiger partial charge in [-0.25, -0.2) is 4.68 Å². The van der Waals surface area contributed by atoms with Crippen LogP contribution in [0.1, 0.15) is 56.7 Å². The molecular formula is C17H26N4O2. The first-order valence-electron chi connectivity index (χ1n) is 8.61. The van der Waals surface area contributed by atoms with Gasteiger partial charge >= 0.3 is 0 Å². The molecule has 0 spiro atoms. The zero-order chi connectivity index (χ0) is 16.1. The molecule has 0 saturated carbocycles. The second-order valence-corrected chi connectivity index (χ2v) is 6.52. The van der Waals surface area contributed by atoms with Crippen molar-refractivity contribution in [2.45, 2.75) is 57.6 Å². The van der Waals surface area contributed by atoms with E-state index in [4.69, 9.17) is 4.74 Å². The van der Waals surface area contributed by atoms with Crippen LogP contribution in [0.15, 0.2) is 17.8 Å². The van der Waals surface area contributed by atoms with Crippen LogP contribution in [0.25, 0.3) is 0 Å². The number of hydrogen-bond donors (Lipinski definition) is 0. The number of allylic oxidation sites excluding steroid dienone is 1. The Morgan fingerprint density at radius 1 is 1.35 bits per heavy atom. The van der Waals surface area contributed by atoms with E-state index in [1.807, 2.05) is 15.8 Å². The summed E-state index contributed by atoms with van der Waals surface area (Å²) in [5.41, 5.74) is 2.19. The second kappa shape index (κ2) is 7.73. The first-order chi connectivity index (χ1) is 11.3. The molecule has 0 aromatic carbocycles. The molecule has 0 unspecified atom stereocenters. The number of aromatic nitrogens is 3. The fraction of sp³-hybridized carbons (Fsp3) is 0.706. The standard InChI is InChI=1S/C17H26N4O2/c1-23-13-15-12-21(19-18-15)16-7-9-20(10-8-16)17(22)11-14-5-3-2-4-6-14/h5,12,16H,2-4,6-11,13H2,1H3. The number of ether oxygens (including phenoxy) is 1. The van der Waals surface area contributed by atoms with Crippen LogP contribution in [0.4, 0.5) is 0 Å². The molecule has 23 heavy (non-hydrogen) atoms. The molecule has 6 heteroatoms. The number of amides is 1. The van der Waals surface area contributed by atoms with Crippen LogP contribution in [0.2, 0.25) is 0 Å². The van der Waals surface area contributed by atoms with Gasteiger partial charge in [-0.3, -0.25) is 4.79 Å². The van der Waals surface area contributed by atoms with E-state index in [1.165, 1.54) is 18.4 Å². The summed E-state index contributed by atoms with van der Waals surface area (Å²) in [5.74, 6) is 0.287. The molecule has 0 radical (unpaired) electrons. The van der Waals surface area contributed by atoms with E-state index in [9.17, 15) is 4.79 Å². The molecule has 1 aromatic heterocycles. The quantitative estimate of drug-likeness (QED) is 0.783. The molecular weight excluding hydrogens is 292 g/mol. The SMILES string of the molecule is COCc1cn(C2CCN(C(=O)CC3=CCCCC3)CC2)nn1. The molecule has 0 bridgehead atoms. The largest absolute Gasteiger partial charge is 0.378 e. The number of carbonyl (C=O) groups excluding carboxylic acids is 1. The number of hydrogen-bond acceptors (Lipinski definition) is 4. The van der Waals surface area contributed by atoms with Crippen molar-refractivity contribution >= 4 is 5.91 Å². The summed E-state index contributed by atoms with van der Waals surface area (Å²) in [6, 6.07) is 0.339. The van der Waals surface area contributed by atoms with Gasteiger partial charge in [0.15, 0.2) is 0 Å². The van der Waals surface area contributed by atoms with Crippen molar-refractivity contribution in [3.05, 3.63) is 23.5 Å². The number of carbonyl (C=O) groups is 1. The average Bonchev–Trinajstić information content (AvgIpc) is 3.05. The second-order valence-electron chi connectivity index (χ2n) is 6.52. The Morgan fingerprint density at radius 3 is 2.87 bits per heavy atom. The Morgan fingerprint density at radius 2 is 2.17 bits per heavy atom. The monoisotopic (exact) mass is 318 g/mol. The topological polar surface area (TPSA) is 60.2 Å². The highest BCUT2D eigenvalue weighted by Gasteiger charge is 2.25. The molecule has 6 nitrogen and oxygen atoms in total. The first kappa shape index (κ1) is 16.2. The van der Waals surface area contributed by atoms with Gasteiger partial charge in [-0.1, -0.05) is 16.9 Å². The summed E-state index contributed by atoms with van der Waals surface area (Å²) in [5, 5.41) is 8.31. The van der Waals surface area contributed by atoms with Crippen molar-refractivity contribution in [1.82, 2.24) is 19.9 Å². The third kappa shape index (κ3) is 4.19. The number of nitrogens with zero attached hydrogens (tertiary/aromatic N) is 4.